The quantitative estimate of drug-likeness (QED) is 0.0984. The lowest BCUT2D eigenvalue weighted by atomic mass is 9.88. The molecule has 0 N–H and O–H groups in total. The van der Waals surface area contributed by atoms with Gasteiger partial charge in [-0.05, 0) is 123 Å². The topological polar surface area (TPSA) is 36.9 Å². The Morgan fingerprint density at radius 3 is 2.17 bits per heavy atom. The zero-order valence-electron chi connectivity index (χ0n) is 26.0. The molecule has 1 heterocycles. The second kappa shape index (κ2) is 14.1. The van der Waals surface area contributed by atoms with Gasteiger partial charge in [0.05, 0.1) is 30.7 Å². The van der Waals surface area contributed by atoms with Crippen molar-refractivity contribution >= 4 is 25.0 Å². The van der Waals surface area contributed by atoms with Crippen molar-refractivity contribution in [3.8, 4) is 0 Å². The van der Waals surface area contributed by atoms with Crippen molar-refractivity contribution in [2.75, 3.05) is 13.2 Å². The fraction of sp³-hybridized carbons (Fsp3) is 0.793. The van der Waals surface area contributed by atoms with Gasteiger partial charge in [-0.1, -0.05) is 24.6 Å². The maximum atomic E-state index is 6.74. The summed E-state index contributed by atoms with van der Waals surface area (Å²) in [4.78, 5) is 0. The second-order valence-corrected chi connectivity index (χ2v) is 27.4. The average Bonchev–Trinajstić information content (AvgIpc) is 2.82. The van der Waals surface area contributed by atoms with Gasteiger partial charge in [-0.25, -0.2) is 0 Å². The van der Waals surface area contributed by atoms with Crippen LogP contribution in [0.2, 0.25) is 58.9 Å². The summed E-state index contributed by atoms with van der Waals surface area (Å²) in [6.45, 7) is 30.6. The summed E-state index contributed by atoms with van der Waals surface area (Å²) in [5, 5.41) is 0. The molecule has 0 aromatic heterocycles. The van der Waals surface area contributed by atoms with Gasteiger partial charge < -0.3 is 18.0 Å². The molecule has 1 unspecified atom stereocenters. The Morgan fingerprint density at radius 1 is 1.00 bits per heavy atom. The molecule has 0 amide bonds. The van der Waals surface area contributed by atoms with Gasteiger partial charge in [0.25, 0.3) is 0 Å². The fourth-order valence-electron chi connectivity index (χ4n) is 4.26. The Morgan fingerprint density at radius 2 is 1.64 bits per heavy atom. The summed E-state index contributed by atoms with van der Waals surface area (Å²) in [5.41, 5.74) is 2.37. The van der Waals surface area contributed by atoms with Crippen molar-refractivity contribution in [3.05, 3.63) is 35.1 Å². The maximum Gasteiger partial charge on any atom is 0.241 e. The van der Waals surface area contributed by atoms with Gasteiger partial charge in [-0.15, -0.1) is 0 Å². The van der Waals surface area contributed by atoms with Crippen LogP contribution >= 0.6 is 0 Å². The third-order valence-electron chi connectivity index (χ3n) is 6.18. The largest absolute Gasteiger partial charge is 0.547 e. The highest BCUT2D eigenvalue weighted by Gasteiger charge is 2.40. The van der Waals surface area contributed by atoms with E-state index in [1.165, 1.54) is 11.1 Å². The lowest BCUT2D eigenvalue weighted by Crippen LogP contribution is -2.47. The molecule has 0 radical (unpaired) electrons. The minimum Gasteiger partial charge on any atom is -0.547 e. The van der Waals surface area contributed by atoms with Crippen LogP contribution in [0.1, 0.15) is 59.8 Å². The van der Waals surface area contributed by atoms with E-state index >= 15 is 0 Å². The molecule has 0 bridgehead atoms. The van der Waals surface area contributed by atoms with Gasteiger partial charge >= 0.3 is 0 Å². The standard InChI is InChI=1S/C29H58O4Si3/c1-24(2)16-18-27(32-35(8,9)10)25(3)15-14-21-29(4)28(33-36(11,12)13)19-17-26(23-30-29)20-22-31-34(5,6)7/h16,18,20,25,28H,14-15,17,19,21-23H2,1-13H3/b26-20+,27-18-/t25?,28-,29+/m1/s1. The molecule has 7 heteroatoms. The molecule has 1 saturated heterocycles. The lowest BCUT2D eigenvalue weighted by Gasteiger charge is -2.39. The van der Waals surface area contributed by atoms with Crippen LogP contribution in [0.4, 0.5) is 0 Å². The highest BCUT2D eigenvalue weighted by molar-refractivity contribution is 6.70. The normalized spacial score (nSPS) is 24.4. The fourth-order valence-corrected chi connectivity index (χ4v) is 7.04. The predicted octanol–water partition coefficient (Wildman–Crippen LogP) is 9.06. The Balaban J connectivity index is 2.94. The molecule has 1 fully saturated rings. The first-order valence-electron chi connectivity index (χ1n) is 14.0. The van der Waals surface area contributed by atoms with E-state index in [1.807, 2.05) is 0 Å². The molecule has 3 atom stereocenters. The van der Waals surface area contributed by atoms with E-state index in [2.05, 4.69) is 105 Å². The smallest absolute Gasteiger partial charge is 0.241 e. The van der Waals surface area contributed by atoms with Crippen LogP contribution in [0.5, 0.6) is 0 Å². The van der Waals surface area contributed by atoms with Crippen molar-refractivity contribution in [2.24, 2.45) is 5.92 Å². The van der Waals surface area contributed by atoms with E-state index in [4.69, 9.17) is 18.0 Å². The summed E-state index contributed by atoms with van der Waals surface area (Å²) in [5.74, 6) is 1.51. The summed E-state index contributed by atoms with van der Waals surface area (Å²) in [7, 11) is -4.89. The van der Waals surface area contributed by atoms with Crippen LogP contribution in [0.15, 0.2) is 35.1 Å². The molecule has 1 aliphatic rings. The highest BCUT2D eigenvalue weighted by atomic mass is 28.4. The van der Waals surface area contributed by atoms with Crippen molar-refractivity contribution in [2.45, 2.75) is 130 Å². The highest BCUT2D eigenvalue weighted by Crippen LogP contribution is 2.36. The van der Waals surface area contributed by atoms with E-state index in [0.29, 0.717) is 19.1 Å². The van der Waals surface area contributed by atoms with E-state index in [-0.39, 0.29) is 11.7 Å². The summed E-state index contributed by atoms with van der Waals surface area (Å²) in [6.07, 6.45) is 12.0. The number of hydrogen-bond acceptors (Lipinski definition) is 4. The van der Waals surface area contributed by atoms with Gasteiger partial charge in [0, 0.05) is 5.92 Å². The van der Waals surface area contributed by atoms with Gasteiger partial charge in [0.2, 0.25) is 8.32 Å². The van der Waals surface area contributed by atoms with Crippen LogP contribution in [0.25, 0.3) is 0 Å². The Labute approximate surface area is 227 Å². The van der Waals surface area contributed by atoms with Gasteiger partial charge in [0.1, 0.15) is 0 Å². The number of ether oxygens (including phenoxy) is 1. The van der Waals surface area contributed by atoms with Crippen molar-refractivity contribution < 1.29 is 18.0 Å². The molecule has 0 spiro atoms. The zero-order chi connectivity index (χ0) is 27.8. The minimum atomic E-state index is -1.70. The second-order valence-electron chi connectivity index (χ2n) is 14.0. The van der Waals surface area contributed by atoms with E-state index < -0.39 is 25.0 Å². The first-order chi connectivity index (χ1) is 16.3. The lowest BCUT2D eigenvalue weighted by molar-refractivity contribution is -0.0975. The van der Waals surface area contributed by atoms with Crippen LogP contribution in [-0.2, 0) is 18.0 Å². The molecule has 1 aliphatic heterocycles. The Bertz CT molecular complexity index is 765. The third kappa shape index (κ3) is 14.5. The molecular weight excluding hydrogens is 497 g/mol. The van der Waals surface area contributed by atoms with E-state index in [1.54, 1.807) is 0 Å². The predicted molar refractivity (Wildman–Crippen MR) is 164 cm³/mol. The van der Waals surface area contributed by atoms with Crippen LogP contribution in [0.3, 0.4) is 0 Å². The van der Waals surface area contributed by atoms with Gasteiger partial charge in [-0.2, -0.15) is 0 Å². The van der Waals surface area contributed by atoms with Gasteiger partial charge in [0.15, 0.2) is 16.6 Å². The van der Waals surface area contributed by atoms with Crippen LogP contribution in [-0.4, -0.2) is 49.9 Å². The Kier molecular flexibility index (Phi) is 13.1. The molecule has 0 aromatic carbocycles. The average molecular weight is 555 g/mol. The van der Waals surface area contributed by atoms with Crippen molar-refractivity contribution in [3.63, 3.8) is 0 Å². The first-order valence-corrected chi connectivity index (χ1v) is 24.2. The van der Waals surface area contributed by atoms with E-state index in [9.17, 15) is 0 Å². The van der Waals surface area contributed by atoms with Crippen molar-refractivity contribution in [1.82, 2.24) is 0 Å². The third-order valence-corrected chi connectivity index (χ3v) is 9.05. The zero-order valence-corrected chi connectivity index (χ0v) is 29.0. The monoisotopic (exact) mass is 554 g/mol. The number of hydrogen-bond donors (Lipinski definition) is 0. The molecule has 0 aliphatic carbocycles. The van der Waals surface area contributed by atoms with Crippen molar-refractivity contribution in [1.29, 1.82) is 0 Å². The number of rotatable bonds is 13. The molecule has 1 rings (SSSR count). The van der Waals surface area contributed by atoms with Gasteiger partial charge in [-0.3, -0.25) is 0 Å². The molecule has 0 saturated carbocycles. The molecular formula is C29H58O4Si3. The SMILES string of the molecule is CC(C)=C/C=C(\O[Si](C)(C)C)C(C)CCC[C@]1(C)OC/C(=C/CO[Si](C)(C)C)CC[C@H]1O[Si](C)(C)C. The minimum absolute atomic E-state index is 0.127. The Hall–Kier alpha value is -0.449. The summed E-state index contributed by atoms with van der Waals surface area (Å²) >= 11 is 0. The van der Waals surface area contributed by atoms with Crippen LogP contribution in [0, 0.1) is 5.92 Å². The maximum absolute atomic E-state index is 6.74. The number of allylic oxidation sites excluding steroid dienone is 4. The summed E-state index contributed by atoms with van der Waals surface area (Å²) in [6, 6.07) is 0. The molecule has 0 aromatic rings. The molecule has 4 nitrogen and oxygen atoms in total. The molecule has 36 heavy (non-hydrogen) atoms. The molecule has 210 valence electrons. The van der Waals surface area contributed by atoms with E-state index in [0.717, 1.165) is 37.9 Å². The van der Waals surface area contributed by atoms with Crippen LogP contribution < -0.4 is 0 Å². The first kappa shape index (κ1) is 33.6. The summed E-state index contributed by atoms with van der Waals surface area (Å²) < 4.78 is 26.0.